The van der Waals surface area contributed by atoms with E-state index in [1.165, 1.54) is 25.7 Å². The van der Waals surface area contributed by atoms with Crippen molar-refractivity contribution in [2.24, 2.45) is 0 Å². The van der Waals surface area contributed by atoms with E-state index in [9.17, 15) is 0 Å². The number of hydrogen-bond donors (Lipinski definition) is 1. The Kier molecular flexibility index (Phi) is 18.7. The molecule has 1 N–H and O–H groups in total. The van der Waals surface area contributed by atoms with Gasteiger partial charge in [-0.15, -0.1) is 0 Å². The van der Waals surface area contributed by atoms with Gasteiger partial charge in [-0.25, -0.2) is 0 Å². The predicted molar refractivity (Wildman–Crippen MR) is 64.8 cm³/mol. The molecule has 0 saturated carbocycles. The van der Waals surface area contributed by atoms with E-state index in [-0.39, 0.29) is 0 Å². The first-order valence-corrected chi connectivity index (χ1v) is 6.00. The van der Waals surface area contributed by atoms with Gasteiger partial charge in [-0.2, -0.15) is 0 Å². The Morgan fingerprint density at radius 1 is 1.00 bits per heavy atom. The number of rotatable bonds is 9. The number of carbonyl (C=O) groups is 1. The maximum absolute atomic E-state index is 9.00. The van der Waals surface area contributed by atoms with Gasteiger partial charge in [0, 0.05) is 20.1 Å². The predicted octanol–water partition coefficient (Wildman–Crippen LogP) is 2.71. The number of unbranched alkanes of at least 4 members (excludes halogenated alkanes) is 3. The average molecular weight is 234 g/mol. The minimum Gasteiger partial charge on any atom is -0.481 e. The highest BCUT2D eigenvalue weighted by atomic mass is 16.5. The molecule has 0 unspecified atom stereocenters. The molecule has 0 fully saturated rings. The second-order valence-corrected chi connectivity index (χ2v) is 3.39. The summed E-state index contributed by atoms with van der Waals surface area (Å²) < 4.78 is 10.5. The second kappa shape index (κ2) is 16.8. The number of carboxylic acid groups (broad SMARTS) is 1. The molecule has 0 aromatic heterocycles. The van der Waals surface area contributed by atoms with Crippen molar-refractivity contribution in [3.05, 3.63) is 0 Å². The van der Waals surface area contributed by atoms with Crippen molar-refractivity contribution >= 4 is 5.97 Å². The lowest BCUT2D eigenvalue weighted by Crippen LogP contribution is -2.04. The maximum atomic E-state index is 9.00. The SMILES string of the molecule is CC(=O)O.CCCCCCOCCOCC. The standard InChI is InChI=1S/C10H22O2.C2H4O2/c1-3-5-6-7-8-12-10-9-11-4-2;1-2(3)4/h3-10H2,1-2H3;1H3,(H,3,4). The zero-order chi connectivity index (χ0) is 12.6. The van der Waals surface area contributed by atoms with Crippen LogP contribution in [0.15, 0.2) is 0 Å². The first kappa shape index (κ1) is 17.8. The summed E-state index contributed by atoms with van der Waals surface area (Å²) in [6.45, 7) is 8.48. The normalized spacial score (nSPS) is 9.44. The minimum absolute atomic E-state index is 0.740. The van der Waals surface area contributed by atoms with Crippen molar-refractivity contribution in [2.75, 3.05) is 26.4 Å². The molecule has 0 aromatic rings. The zero-order valence-corrected chi connectivity index (χ0v) is 10.8. The Morgan fingerprint density at radius 2 is 1.56 bits per heavy atom. The molecule has 0 aromatic carbocycles. The smallest absolute Gasteiger partial charge is 0.300 e. The summed E-state index contributed by atoms with van der Waals surface area (Å²) in [6.07, 6.45) is 5.11. The number of ether oxygens (including phenoxy) is 2. The first-order chi connectivity index (χ1) is 7.65. The molecule has 0 bridgehead atoms. The van der Waals surface area contributed by atoms with E-state index in [1.807, 2.05) is 6.92 Å². The van der Waals surface area contributed by atoms with Gasteiger partial charge in [0.15, 0.2) is 0 Å². The largest absolute Gasteiger partial charge is 0.481 e. The molecule has 98 valence electrons. The van der Waals surface area contributed by atoms with Crippen molar-refractivity contribution in [3.63, 3.8) is 0 Å². The Balaban J connectivity index is 0. The molecule has 4 heteroatoms. The minimum atomic E-state index is -0.833. The lowest BCUT2D eigenvalue weighted by atomic mass is 10.2. The van der Waals surface area contributed by atoms with Crippen molar-refractivity contribution in [1.29, 1.82) is 0 Å². The molecule has 4 nitrogen and oxygen atoms in total. The molecule has 16 heavy (non-hydrogen) atoms. The van der Waals surface area contributed by atoms with Crippen LogP contribution < -0.4 is 0 Å². The lowest BCUT2D eigenvalue weighted by molar-refractivity contribution is -0.134. The monoisotopic (exact) mass is 234 g/mol. The summed E-state index contributed by atoms with van der Waals surface area (Å²) in [5.41, 5.74) is 0. The van der Waals surface area contributed by atoms with Gasteiger partial charge >= 0.3 is 0 Å². The second-order valence-electron chi connectivity index (χ2n) is 3.39. The molecule has 0 spiro atoms. The van der Waals surface area contributed by atoms with Crippen molar-refractivity contribution in [2.45, 2.75) is 46.5 Å². The summed E-state index contributed by atoms with van der Waals surface area (Å²) in [4.78, 5) is 9.00. The topological polar surface area (TPSA) is 55.8 Å². The quantitative estimate of drug-likeness (QED) is 0.623. The molecule has 0 atom stereocenters. The van der Waals surface area contributed by atoms with Gasteiger partial charge in [-0.3, -0.25) is 4.79 Å². The van der Waals surface area contributed by atoms with E-state index >= 15 is 0 Å². The summed E-state index contributed by atoms with van der Waals surface area (Å²) >= 11 is 0. The zero-order valence-electron chi connectivity index (χ0n) is 10.8. The highest BCUT2D eigenvalue weighted by Gasteiger charge is 1.89. The van der Waals surface area contributed by atoms with Crippen LogP contribution in [-0.4, -0.2) is 37.5 Å². The summed E-state index contributed by atoms with van der Waals surface area (Å²) in [7, 11) is 0. The molecule has 0 heterocycles. The molecular weight excluding hydrogens is 208 g/mol. The van der Waals surface area contributed by atoms with E-state index in [0.717, 1.165) is 33.4 Å². The highest BCUT2D eigenvalue weighted by Crippen LogP contribution is 1.98. The van der Waals surface area contributed by atoms with Crippen LogP contribution in [0.1, 0.15) is 46.5 Å². The fraction of sp³-hybridized carbons (Fsp3) is 0.917. The molecule has 0 aliphatic heterocycles. The number of carboxylic acids is 1. The summed E-state index contributed by atoms with van der Waals surface area (Å²) in [6, 6.07) is 0. The maximum Gasteiger partial charge on any atom is 0.300 e. The molecular formula is C12H26O4. The average Bonchev–Trinajstić information content (AvgIpc) is 2.21. The van der Waals surface area contributed by atoms with Gasteiger partial charge in [-0.1, -0.05) is 26.2 Å². The van der Waals surface area contributed by atoms with Crippen LogP contribution in [0.25, 0.3) is 0 Å². The third-order valence-electron chi connectivity index (χ3n) is 1.72. The van der Waals surface area contributed by atoms with Gasteiger partial charge in [0.05, 0.1) is 13.2 Å². The Bertz CT molecular complexity index is 123. The molecule has 0 aliphatic carbocycles. The Hall–Kier alpha value is -0.610. The van der Waals surface area contributed by atoms with Gasteiger partial charge in [-0.05, 0) is 13.3 Å². The van der Waals surface area contributed by atoms with E-state index in [4.69, 9.17) is 19.4 Å². The molecule has 0 aliphatic rings. The van der Waals surface area contributed by atoms with Crippen LogP contribution in [0.4, 0.5) is 0 Å². The van der Waals surface area contributed by atoms with Crippen LogP contribution in [0, 0.1) is 0 Å². The summed E-state index contributed by atoms with van der Waals surface area (Å²) in [5, 5.41) is 7.42. The van der Waals surface area contributed by atoms with E-state index in [1.54, 1.807) is 0 Å². The van der Waals surface area contributed by atoms with Crippen molar-refractivity contribution in [3.8, 4) is 0 Å². The van der Waals surface area contributed by atoms with Crippen molar-refractivity contribution in [1.82, 2.24) is 0 Å². The molecule has 0 amide bonds. The van der Waals surface area contributed by atoms with Crippen LogP contribution in [0.3, 0.4) is 0 Å². The number of hydrogen-bond acceptors (Lipinski definition) is 3. The van der Waals surface area contributed by atoms with E-state index in [2.05, 4.69) is 6.92 Å². The van der Waals surface area contributed by atoms with E-state index < -0.39 is 5.97 Å². The highest BCUT2D eigenvalue weighted by molar-refractivity contribution is 5.62. The fourth-order valence-corrected chi connectivity index (χ4v) is 0.995. The van der Waals surface area contributed by atoms with Gasteiger partial charge in [0.2, 0.25) is 0 Å². The third kappa shape index (κ3) is 29.2. The molecule has 0 saturated heterocycles. The lowest BCUT2D eigenvalue weighted by Gasteiger charge is -2.03. The van der Waals surface area contributed by atoms with Gasteiger partial charge in [0.1, 0.15) is 0 Å². The van der Waals surface area contributed by atoms with Crippen LogP contribution >= 0.6 is 0 Å². The summed E-state index contributed by atoms with van der Waals surface area (Å²) in [5.74, 6) is -0.833. The number of aliphatic carboxylic acids is 1. The molecule has 0 radical (unpaired) electrons. The van der Waals surface area contributed by atoms with Gasteiger partial charge < -0.3 is 14.6 Å². The van der Waals surface area contributed by atoms with Gasteiger partial charge in [0.25, 0.3) is 5.97 Å². The van der Waals surface area contributed by atoms with E-state index in [0.29, 0.717) is 0 Å². The molecule has 0 rings (SSSR count). The van der Waals surface area contributed by atoms with Crippen LogP contribution in [0.5, 0.6) is 0 Å². The Morgan fingerprint density at radius 3 is 2.06 bits per heavy atom. The van der Waals surface area contributed by atoms with Crippen LogP contribution in [-0.2, 0) is 14.3 Å². The van der Waals surface area contributed by atoms with Crippen LogP contribution in [0.2, 0.25) is 0 Å². The fourth-order valence-electron chi connectivity index (χ4n) is 0.995. The first-order valence-electron chi connectivity index (χ1n) is 6.00. The Labute approximate surface area is 98.9 Å². The third-order valence-corrected chi connectivity index (χ3v) is 1.72. The van der Waals surface area contributed by atoms with Crippen molar-refractivity contribution < 1.29 is 19.4 Å².